The third-order valence-electron chi connectivity index (χ3n) is 5.01. The monoisotopic (exact) mass is 452 g/mol. The Hall–Kier alpha value is -3.68. The molecule has 1 atom stereocenters. The first-order valence-electron chi connectivity index (χ1n) is 9.79. The first-order valence-corrected chi connectivity index (χ1v) is 10.7. The van der Waals surface area contributed by atoms with Gasteiger partial charge in [0.15, 0.2) is 5.13 Å². The predicted molar refractivity (Wildman–Crippen MR) is 123 cm³/mol. The van der Waals surface area contributed by atoms with E-state index < -0.39 is 11.8 Å². The number of nitrogens with two attached hydrogens (primary N) is 1. The van der Waals surface area contributed by atoms with Crippen LogP contribution in [0.2, 0.25) is 0 Å². The van der Waals surface area contributed by atoms with Crippen LogP contribution in [-0.2, 0) is 9.53 Å². The summed E-state index contributed by atoms with van der Waals surface area (Å²) in [5, 5.41) is 14.3. The number of aromatic amines is 1. The molecule has 32 heavy (non-hydrogen) atoms. The van der Waals surface area contributed by atoms with Crippen LogP contribution in [0.4, 0.5) is 5.13 Å². The molecule has 4 N–H and O–H groups in total. The highest BCUT2D eigenvalue weighted by Gasteiger charge is 2.17. The number of rotatable bonds is 8. The molecule has 9 nitrogen and oxygen atoms in total. The summed E-state index contributed by atoms with van der Waals surface area (Å²) in [7, 11) is 1.65. The molecule has 2 amide bonds. The van der Waals surface area contributed by atoms with Crippen molar-refractivity contribution in [2.45, 2.75) is 26.8 Å². The average Bonchev–Trinajstić information content (AvgIpc) is 3.45. The number of nitrogens with zero attached hydrogens (tertiary/aromatic N) is 3. The first-order chi connectivity index (χ1) is 15.2. The number of nitriles is 1. The van der Waals surface area contributed by atoms with Gasteiger partial charge >= 0.3 is 0 Å². The quantitative estimate of drug-likeness (QED) is 0.355. The fourth-order valence-electron chi connectivity index (χ4n) is 3.56. The van der Waals surface area contributed by atoms with Gasteiger partial charge < -0.3 is 20.0 Å². The van der Waals surface area contributed by atoms with Gasteiger partial charge in [0.1, 0.15) is 17.3 Å². The Labute approximate surface area is 189 Å². The van der Waals surface area contributed by atoms with Crippen LogP contribution in [0.15, 0.2) is 29.3 Å². The van der Waals surface area contributed by atoms with Crippen LogP contribution < -0.4 is 11.1 Å². The van der Waals surface area contributed by atoms with E-state index in [9.17, 15) is 14.9 Å². The number of amides is 2. The third kappa shape index (κ3) is 4.80. The minimum absolute atomic E-state index is 0.0287. The summed E-state index contributed by atoms with van der Waals surface area (Å²) in [4.78, 5) is 31.1. The maximum atomic E-state index is 12.7. The molecule has 0 saturated heterocycles. The van der Waals surface area contributed by atoms with Gasteiger partial charge in [-0.3, -0.25) is 14.9 Å². The minimum Gasteiger partial charge on any atom is -0.383 e. The van der Waals surface area contributed by atoms with Crippen LogP contribution in [-0.4, -0.2) is 40.1 Å². The van der Waals surface area contributed by atoms with Crippen LogP contribution in [0, 0.1) is 25.2 Å². The second-order valence-corrected chi connectivity index (χ2v) is 8.19. The molecule has 3 aromatic rings. The van der Waals surface area contributed by atoms with Gasteiger partial charge in [0.2, 0.25) is 0 Å². The van der Waals surface area contributed by atoms with Crippen molar-refractivity contribution in [3.63, 3.8) is 0 Å². The standard InChI is InChI=1S/C22H24N6O3S/c1-12-5-15(14(3)28(12)13(2)10-31-4)6-16(8-23)21(30)27-22-26-19(11-32-22)17-7-18(20(24)29)25-9-17/h5-7,9,11,13,25H,10H2,1-4H3,(H2,24,29)(H,26,27,30)/b16-6+. The number of primary amides is 1. The van der Waals surface area contributed by atoms with E-state index in [-0.39, 0.29) is 17.3 Å². The van der Waals surface area contributed by atoms with Crippen molar-refractivity contribution in [3.05, 3.63) is 51.9 Å². The Morgan fingerprint density at radius 2 is 2.19 bits per heavy atom. The minimum atomic E-state index is -0.570. The van der Waals surface area contributed by atoms with E-state index in [1.165, 1.54) is 11.3 Å². The number of nitrogens with one attached hydrogen (secondary N) is 2. The molecule has 0 aliphatic heterocycles. The number of methoxy groups -OCH3 is 1. The molecule has 0 radical (unpaired) electrons. The van der Waals surface area contributed by atoms with Crippen molar-refractivity contribution in [2.75, 3.05) is 19.0 Å². The Kier molecular flexibility index (Phi) is 6.92. The van der Waals surface area contributed by atoms with Gasteiger partial charge in [0.05, 0.1) is 18.3 Å². The van der Waals surface area contributed by atoms with Crippen molar-refractivity contribution in [3.8, 4) is 17.3 Å². The van der Waals surface area contributed by atoms with Crippen LogP contribution in [0.3, 0.4) is 0 Å². The van der Waals surface area contributed by atoms with Crippen molar-refractivity contribution < 1.29 is 14.3 Å². The lowest BCUT2D eigenvalue weighted by Crippen LogP contribution is -2.14. The van der Waals surface area contributed by atoms with Crippen LogP contribution >= 0.6 is 11.3 Å². The summed E-state index contributed by atoms with van der Waals surface area (Å²) in [6.45, 7) is 6.53. The highest BCUT2D eigenvalue weighted by Crippen LogP contribution is 2.26. The zero-order valence-electron chi connectivity index (χ0n) is 18.2. The summed E-state index contributed by atoms with van der Waals surface area (Å²) in [6.07, 6.45) is 3.19. The Morgan fingerprint density at radius 3 is 2.81 bits per heavy atom. The number of carbonyl (C=O) groups is 2. The number of anilines is 1. The fraction of sp³-hybridized carbons (Fsp3) is 0.273. The number of hydrogen-bond donors (Lipinski definition) is 3. The van der Waals surface area contributed by atoms with Crippen molar-refractivity contribution in [2.24, 2.45) is 5.73 Å². The highest BCUT2D eigenvalue weighted by atomic mass is 32.1. The first kappa shape index (κ1) is 23.0. The Morgan fingerprint density at radius 1 is 1.44 bits per heavy atom. The zero-order chi connectivity index (χ0) is 23.4. The molecule has 0 aliphatic rings. The van der Waals surface area contributed by atoms with Crippen LogP contribution in [0.1, 0.15) is 40.4 Å². The topological polar surface area (TPSA) is 139 Å². The third-order valence-corrected chi connectivity index (χ3v) is 5.76. The van der Waals surface area contributed by atoms with Gasteiger partial charge in [-0.05, 0) is 44.5 Å². The van der Waals surface area contributed by atoms with Gasteiger partial charge in [-0.1, -0.05) is 0 Å². The number of carbonyl (C=O) groups excluding carboxylic acids is 2. The maximum absolute atomic E-state index is 12.7. The molecule has 0 saturated carbocycles. The molecular weight excluding hydrogens is 428 g/mol. The number of hydrogen-bond acceptors (Lipinski definition) is 6. The van der Waals surface area contributed by atoms with E-state index in [0.717, 1.165) is 17.0 Å². The van der Waals surface area contributed by atoms with E-state index in [1.54, 1.807) is 30.8 Å². The fourth-order valence-corrected chi connectivity index (χ4v) is 4.27. The number of aryl methyl sites for hydroxylation is 1. The van der Waals surface area contributed by atoms with Gasteiger partial charge in [-0.2, -0.15) is 5.26 Å². The molecule has 0 spiro atoms. The van der Waals surface area contributed by atoms with Gasteiger partial charge in [0, 0.05) is 35.6 Å². The van der Waals surface area contributed by atoms with E-state index in [2.05, 4.69) is 19.9 Å². The molecular formula is C22H24N6O3S. The second kappa shape index (κ2) is 9.64. The number of H-pyrrole nitrogens is 1. The summed E-state index contributed by atoms with van der Waals surface area (Å²) in [5.41, 5.74) is 9.50. The maximum Gasteiger partial charge on any atom is 0.268 e. The lowest BCUT2D eigenvalue weighted by Gasteiger charge is -2.17. The van der Waals surface area contributed by atoms with Crippen LogP contribution in [0.5, 0.6) is 0 Å². The summed E-state index contributed by atoms with van der Waals surface area (Å²) < 4.78 is 7.37. The van der Waals surface area contributed by atoms with Gasteiger partial charge in [0.25, 0.3) is 11.8 Å². The summed E-state index contributed by atoms with van der Waals surface area (Å²) in [6, 6.07) is 5.62. The molecule has 3 heterocycles. The molecule has 1 unspecified atom stereocenters. The van der Waals surface area contributed by atoms with Gasteiger partial charge in [-0.25, -0.2) is 4.98 Å². The molecule has 0 aliphatic carbocycles. The normalized spacial score (nSPS) is 12.4. The summed E-state index contributed by atoms with van der Waals surface area (Å²) >= 11 is 1.22. The lowest BCUT2D eigenvalue weighted by atomic mass is 10.1. The molecule has 0 aromatic carbocycles. The molecule has 166 valence electrons. The Balaban J connectivity index is 1.79. The zero-order valence-corrected chi connectivity index (χ0v) is 19.0. The van der Waals surface area contributed by atoms with E-state index in [4.69, 9.17) is 10.5 Å². The van der Waals surface area contributed by atoms with Crippen molar-refractivity contribution >= 4 is 34.4 Å². The molecule has 3 aromatic heterocycles. The average molecular weight is 453 g/mol. The largest absolute Gasteiger partial charge is 0.383 e. The van der Waals surface area contributed by atoms with Crippen LogP contribution in [0.25, 0.3) is 17.3 Å². The predicted octanol–water partition coefficient (Wildman–Crippen LogP) is 3.41. The highest BCUT2D eigenvalue weighted by molar-refractivity contribution is 7.14. The lowest BCUT2D eigenvalue weighted by molar-refractivity contribution is -0.112. The molecule has 3 rings (SSSR count). The van der Waals surface area contributed by atoms with Crippen molar-refractivity contribution in [1.29, 1.82) is 5.26 Å². The van der Waals surface area contributed by atoms with Gasteiger partial charge in [-0.15, -0.1) is 11.3 Å². The van der Waals surface area contributed by atoms with E-state index in [1.807, 2.05) is 32.9 Å². The Bertz CT molecular complexity index is 1230. The number of ether oxygens (including phenoxy) is 1. The SMILES string of the molecule is COCC(C)n1c(C)cc(/C=C(\C#N)C(=O)Nc2nc(-c3c[nH]c(C(N)=O)c3)cs2)c1C. The van der Waals surface area contributed by atoms with Crippen molar-refractivity contribution in [1.82, 2.24) is 14.5 Å². The summed E-state index contributed by atoms with van der Waals surface area (Å²) in [5.74, 6) is -1.12. The molecule has 10 heteroatoms. The molecule has 0 fully saturated rings. The van der Waals surface area contributed by atoms with E-state index in [0.29, 0.717) is 23.0 Å². The smallest absolute Gasteiger partial charge is 0.268 e. The number of thiazole rings is 1. The second-order valence-electron chi connectivity index (χ2n) is 7.33. The molecule has 0 bridgehead atoms. The number of aromatic nitrogens is 3. The van der Waals surface area contributed by atoms with E-state index >= 15 is 0 Å².